The van der Waals surface area contributed by atoms with Crippen molar-refractivity contribution in [2.75, 3.05) is 57.4 Å². The van der Waals surface area contributed by atoms with Gasteiger partial charge in [-0.25, -0.2) is 8.78 Å². The number of ether oxygens (including phenoxy) is 1. The molecule has 3 rings (SSSR count). The van der Waals surface area contributed by atoms with E-state index in [0.29, 0.717) is 6.04 Å². The first kappa shape index (κ1) is 16.6. The molecular weight excluding hydrogens is 300 g/mol. The van der Waals surface area contributed by atoms with E-state index in [9.17, 15) is 8.78 Å². The van der Waals surface area contributed by atoms with Gasteiger partial charge in [-0.1, -0.05) is 0 Å². The second kappa shape index (κ2) is 8.04. The predicted octanol–water partition coefficient (Wildman–Crippen LogP) is 1.86. The van der Waals surface area contributed by atoms with Gasteiger partial charge in [-0.2, -0.15) is 0 Å². The zero-order valence-electron chi connectivity index (χ0n) is 13.4. The minimum atomic E-state index is -0.784. The van der Waals surface area contributed by atoms with Gasteiger partial charge in [0.1, 0.15) is 0 Å². The molecule has 1 N–H and O–H groups in total. The minimum Gasteiger partial charge on any atom is -0.379 e. The Kier molecular flexibility index (Phi) is 5.80. The second-order valence-corrected chi connectivity index (χ2v) is 6.27. The molecule has 2 fully saturated rings. The van der Waals surface area contributed by atoms with Crippen LogP contribution in [0.4, 0.5) is 14.5 Å². The van der Waals surface area contributed by atoms with Crippen molar-refractivity contribution in [1.29, 1.82) is 0 Å². The van der Waals surface area contributed by atoms with E-state index in [4.69, 9.17) is 4.74 Å². The van der Waals surface area contributed by atoms with Gasteiger partial charge in [0.25, 0.3) is 0 Å². The summed E-state index contributed by atoms with van der Waals surface area (Å²) in [6.07, 6.45) is 2.06. The van der Waals surface area contributed by atoms with E-state index in [1.54, 1.807) is 6.07 Å². The lowest BCUT2D eigenvalue weighted by Crippen LogP contribution is -2.46. The molecule has 128 valence electrons. The van der Waals surface area contributed by atoms with Crippen LogP contribution < -0.4 is 10.2 Å². The summed E-state index contributed by atoms with van der Waals surface area (Å²) in [6.45, 7) is 7.54. The summed E-state index contributed by atoms with van der Waals surface area (Å²) in [5, 5.41) is 3.62. The van der Waals surface area contributed by atoms with Gasteiger partial charge < -0.3 is 15.0 Å². The number of morpholine rings is 1. The predicted molar refractivity (Wildman–Crippen MR) is 86.9 cm³/mol. The average Bonchev–Trinajstić information content (AvgIpc) is 2.59. The van der Waals surface area contributed by atoms with Crippen LogP contribution in [0.2, 0.25) is 0 Å². The fraction of sp³-hybridized carbons (Fsp3) is 0.647. The van der Waals surface area contributed by atoms with E-state index in [-0.39, 0.29) is 0 Å². The fourth-order valence-electron chi connectivity index (χ4n) is 3.28. The van der Waals surface area contributed by atoms with Crippen LogP contribution in [-0.2, 0) is 4.74 Å². The molecule has 2 aliphatic heterocycles. The summed E-state index contributed by atoms with van der Waals surface area (Å²) < 4.78 is 31.7. The Morgan fingerprint density at radius 3 is 2.48 bits per heavy atom. The summed E-state index contributed by atoms with van der Waals surface area (Å²) >= 11 is 0. The fourth-order valence-corrected chi connectivity index (χ4v) is 3.28. The first-order chi connectivity index (χ1) is 11.2. The van der Waals surface area contributed by atoms with Gasteiger partial charge in [-0.05, 0) is 25.0 Å². The number of piperidine rings is 1. The van der Waals surface area contributed by atoms with Crippen molar-refractivity contribution in [3.8, 4) is 0 Å². The maximum absolute atomic E-state index is 13.3. The Morgan fingerprint density at radius 1 is 1.04 bits per heavy atom. The number of hydrogen-bond donors (Lipinski definition) is 1. The molecule has 2 aliphatic rings. The summed E-state index contributed by atoms with van der Waals surface area (Å²) in [5.41, 5.74) is 0.774. The molecule has 0 amide bonds. The molecule has 1 aromatic carbocycles. The number of benzene rings is 1. The van der Waals surface area contributed by atoms with E-state index in [1.165, 1.54) is 12.1 Å². The van der Waals surface area contributed by atoms with E-state index in [2.05, 4.69) is 15.1 Å². The topological polar surface area (TPSA) is 27.7 Å². The van der Waals surface area contributed by atoms with Gasteiger partial charge in [0.2, 0.25) is 0 Å². The highest BCUT2D eigenvalue weighted by atomic mass is 19.2. The standard InChI is InChI=1S/C17H25F2N3O/c18-16-2-1-15(13-17(16)19)22-6-3-14(4-7-22)20-5-8-21-9-11-23-12-10-21/h1-2,13-14,20H,3-12H2. The van der Waals surface area contributed by atoms with Crippen molar-refractivity contribution in [2.45, 2.75) is 18.9 Å². The molecule has 1 aromatic rings. The van der Waals surface area contributed by atoms with Crippen molar-refractivity contribution in [3.63, 3.8) is 0 Å². The van der Waals surface area contributed by atoms with E-state index in [0.717, 1.165) is 71.0 Å². The summed E-state index contributed by atoms with van der Waals surface area (Å²) in [4.78, 5) is 4.55. The van der Waals surface area contributed by atoms with Gasteiger partial charge in [-0.15, -0.1) is 0 Å². The Balaban J connectivity index is 1.38. The molecular formula is C17H25F2N3O. The lowest BCUT2D eigenvalue weighted by Gasteiger charge is -2.34. The second-order valence-electron chi connectivity index (χ2n) is 6.27. The van der Waals surface area contributed by atoms with Crippen LogP contribution >= 0.6 is 0 Å². The van der Waals surface area contributed by atoms with Crippen molar-refractivity contribution in [2.24, 2.45) is 0 Å². The molecule has 2 heterocycles. The highest BCUT2D eigenvalue weighted by Crippen LogP contribution is 2.22. The molecule has 0 atom stereocenters. The van der Waals surface area contributed by atoms with Crippen molar-refractivity contribution >= 4 is 5.69 Å². The molecule has 0 saturated carbocycles. The van der Waals surface area contributed by atoms with Crippen LogP contribution in [0.5, 0.6) is 0 Å². The first-order valence-corrected chi connectivity index (χ1v) is 8.46. The van der Waals surface area contributed by atoms with Crippen LogP contribution in [-0.4, -0.2) is 63.4 Å². The SMILES string of the molecule is Fc1ccc(N2CCC(NCCN3CCOCC3)CC2)cc1F. The summed E-state index contributed by atoms with van der Waals surface area (Å²) in [7, 11) is 0. The molecule has 4 nitrogen and oxygen atoms in total. The molecule has 23 heavy (non-hydrogen) atoms. The van der Waals surface area contributed by atoms with Gasteiger partial charge in [0.15, 0.2) is 11.6 Å². The Morgan fingerprint density at radius 2 is 1.78 bits per heavy atom. The molecule has 0 bridgehead atoms. The number of hydrogen-bond acceptors (Lipinski definition) is 4. The average molecular weight is 325 g/mol. The maximum Gasteiger partial charge on any atom is 0.160 e. The van der Waals surface area contributed by atoms with E-state index >= 15 is 0 Å². The van der Waals surface area contributed by atoms with Gasteiger partial charge >= 0.3 is 0 Å². The van der Waals surface area contributed by atoms with E-state index < -0.39 is 11.6 Å². The highest BCUT2D eigenvalue weighted by molar-refractivity contribution is 5.47. The highest BCUT2D eigenvalue weighted by Gasteiger charge is 2.20. The Hall–Kier alpha value is -1.24. The van der Waals surface area contributed by atoms with Crippen LogP contribution in [0.3, 0.4) is 0 Å². The Bertz CT molecular complexity index is 501. The molecule has 6 heteroatoms. The molecule has 2 saturated heterocycles. The zero-order chi connectivity index (χ0) is 16.1. The minimum absolute atomic E-state index is 0.512. The van der Waals surface area contributed by atoms with E-state index in [1.807, 2.05) is 0 Å². The maximum atomic E-state index is 13.3. The van der Waals surface area contributed by atoms with Crippen molar-refractivity contribution in [1.82, 2.24) is 10.2 Å². The van der Waals surface area contributed by atoms with Crippen LogP contribution in [0.25, 0.3) is 0 Å². The monoisotopic (exact) mass is 325 g/mol. The molecule has 0 spiro atoms. The molecule has 0 radical (unpaired) electrons. The van der Waals surface area contributed by atoms with Gasteiger partial charge in [0.05, 0.1) is 13.2 Å². The number of rotatable bonds is 5. The van der Waals surface area contributed by atoms with Gasteiger partial charge in [-0.3, -0.25) is 4.90 Å². The largest absolute Gasteiger partial charge is 0.379 e. The number of nitrogens with one attached hydrogen (secondary N) is 1. The number of nitrogens with zero attached hydrogens (tertiary/aromatic N) is 2. The quantitative estimate of drug-likeness (QED) is 0.894. The zero-order valence-corrected chi connectivity index (χ0v) is 13.4. The third kappa shape index (κ3) is 4.62. The number of halogens is 2. The molecule has 0 aromatic heterocycles. The third-order valence-corrected chi connectivity index (χ3v) is 4.73. The Labute approximate surface area is 136 Å². The smallest absolute Gasteiger partial charge is 0.160 e. The van der Waals surface area contributed by atoms with Crippen molar-refractivity contribution < 1.29 is 13.5 Å². The summed E-state index contributed by atoms with van der Waals surface area (Å²) in [5.74, 6) is -1.55. The lowest BCUT2D eigenvalue weighted by molar-refractivity contribution is 0.0380. The lowest BCUT2D eigenvalue weighted by atomic mass is 10.0. The van der Waals surface area contributed by atoms with Crippen LogP contribution in [0.15, 0.2) is 18.2 Å². The van der Waals surface area contributed by atoms with Crippen LogP contribution in [0.1, 0.15) is 12.8 Å². The normalized spacial score (nSPS) is 20.9. The molecule has 0 unspecified atom stereocenters. The van der Waals surface area contributed by atoms with Gasteiger partial charge in [0, 0.05) is 57.1 Å². The third-order valence-electron chi connectivity index (χ3n) is 4.73. The first-order valence-electron chi connectivity index (χ1n) is 8.46. The molecule has 0 aliphatic carbocycles. The number of anilines is 1. The van der Waals surface area contributed by atoms with Crippen LogP contribution in [0, 0.1) is 11.6 Å². The van der Waals surface area contributed by atoms with Crippen molar-refractivity contribution in [3.05, 3.63) is 29.8 Å². The summed E-state index contributed by atoms with van der Waals surface area (Å²) in [6, 6.07) is 4.67.